The molecule has 5 heteroatoms. The maximum atomic E-state index is 4.63. The van der Waals surface area contributed by atoms with Crippen molar-refractivity contribution in [2.24, 2.45) is 5.92 Å². The Labute approximate surface area is 138 Å². The highest BCUT2D eigenvalue weighted by Gasteiger charge is 2.23. The van der Waals surface area contributed by atoms with Crippen LogP contribution >= 0.6 is 27.3 Å². The van der Waals surface area contributed by atoms with Crippen molar-refractivity contribution in [3.05, 3.63) is 17.3 Å². The van der Waals surface area contributed by atoms with E-state index in [1.165, 1.54) is 30.2 Å². The molecule has 0 aliphatic carbocycles. The van der Waals surface area contributed by atoms with Gasteiger partial charge in [0.05, 0.1) is 5.39 Å². The molecule has 2 aromatic heterocycles. The van der Waals surface area contributed by atoms with E-state index in [1.54, 1.807) is 17.7 Å². The Morgan fingerprint density at radius 3 is 2.76 bits per heavy atom. The van der Waals surface area contributed by atoms with E-state index in [1.807, 2.05) is 0 Å². The fourth-order valence-electron chi connectivity index (χ4n) is 3.13. The molecule has 0 saturated carbocycles. The number of nitrogens with zero attached hydrogens (tertiary/aromatic N) is 3. The van der Waals surface area contributed by atoms with Gasteiger partial charge in [-0.05, 0) is 42.0 Å². The maximum Gasteiger partial charge on any atom is 0.141 e. The van der Waals surface area contributed by atoms with Crippen molar-refractivity contribution in [1.29, 1.82) is 0 Å². The van der Waals surface area contributed by atoms with Crippen LogP contribution in [0.25, 0.3) is 10.2 Å². The molecular formula is C16H22BrN3S. The zero-order chi connectivity index (χ0) is 14.8. The van der Waals surface area contributed by atoms with Crippen molar-refractivity contribution in [1.82, 2.24) is 9.97 Å². The molecule has 0 atom stereocenters. The van der Waals surface area contributed by atoms with Crippen molar-refractivity contribution in [2.45, 2.75) is 39.0 Å². The van der Waals surface area contributed by atoms with Crippen molar-refractivity contribution >= 4 is 43.3 Å². The molecule has 0 amide bonds. The lowest BCUT2D eigenvalue weighted by Gasteiger charge is -2.33. The Kier molecular flexibility index (Phi) is 4.79. The summed E-state index contributed by atoms with van der Waals surface area (Å²) >= 11 is 5.31. The van der Waals surface area contributed by atoms with Crippen molar-refractivity contribution < 1.29 is 0 Å². The van der Waals surface area contributed by atoms with Crippen LogP contribution in [-0.2, 0) is 0 Å². The average molecular weight is 368 g/mol. The van der Waals surface area contributed by atoms with Crippen molar-refractivity contribution in [2.75, 3.05) is 23.3 Å². The molecule has 0 bridgehead atoms. The van der Waals surface area contributed by atoms with Gasteiger partial charge < -0.3 is 4.90 Å². The molecule has 1 fully saturated rings. The van der Waals surface area contributed by atoms with Crippen molar-refractivity contribution in [3.63, 3.8) is 0 Å². The number of fused-ring (bicyclic) bond motifs is 1. The number of alkyl halides is 1. The third kappa shape index (κ3) is 3.09. The lowest BCUT2D eigenvalue weighted by Crippen LogP contribution is -2.34. The second-order valence-electron chi connectivity index (χ2n) is 6.13. The molecule has 3 heterocycles. The number of piperidine rings is 1. The van der Waals surface area contributed by atoms with E-state index in [0.717, 1.165) is 35.0 Å². The number of anilines is 1. The molecule has 2 aromatic rings. The maximum absolute atomic E-state index is 4.63. The fraction of sp³-hybridized carbons (Fsp3) is 0.625. The van der Waals surface area contributed by atoms with Gasteiger partial charge in [-0.3, -0.25) is 0 Å². The molecule has 0 spiro atoms. The molecule has 0 radical (unpaired) electrons. The van der Waals surface area contributed by atoms with Gasteiger partial charge in [0.2, 0.25) is 0 Å². The van der Waals surface area contributed by atoms with Gasteiger partial charge in [-0.15, -0.1) is 11.3 Å². The molecule has 3 rings (SSSR count). The van der Waals surface area contributed by atoms with Crippen LogP contribution in [0.4, 0.5) is 5.82 Å². The largest absolute Gasteiger partial charge is 0.356 e. The molecule has 114 valence electrons. The zero-order valence-electron chi connectivity index (χ0n) is 12.7. The first-order valence-corrected chi connectivity index (χ1v) is 9.73. The Balaban J connectivity index is 1.89. The highest BCUT2D eigenvalue weighted by Crippen LogP contribution is 2.36. The summed E-state index contributed by atoms with van der Waals surface area (Å²) in [7, 11) is 0. The minimum Gasteiger partial charge on any atom is -0.356 e. The normalized spacial score (nSPS) is 17.0. The minimum atomic E-state index is 0.523. The Morgan fingerprint density at radius 2 is 2.10 bits per heavy atom. The van der Waals surface area contributed by atoms with Gasteiger partial charge in [-0.1, -0.05) is 29.8 Å². The zero-order valence-corrected chi connectivity index (χ0v) is 15.1. The van der Waals surface area contributed by atoms with E-state index in [-0.39, 0.29) is 0 Å². The summed E-state index contributed by atoms with van der Waals surface area (Å²) in [6.07, 6.45) is 5.57. The minimum absolute atomic E-state index is 0.523. The van der Waals surface area contributed by atoms with E-state index in [9.17, 15) is 0 Å². The molecule has 1 saturated heterocycles. The number of halogens is 1. The Hall–Kier alpha value is -0.680. The first kappa shape index (κ1) is 15.2. The van der Waals surface area contributed by atoms with Crippen LogP contribution in [0.5, 0.6) is 0 Å². The van der Waals surface area contributed by atoms with Crippen LogP contribution in [0.15, 0.2) is 11.7 Å². The molecule has 0 unspecified atom stereocenters. The molecule has 21 heavy (non-hydrogen) atoms. The van der Waals surface area contributed by atoms with E-state index in [0.29, 0.717) is 5.92 Å². The van der Waals surface area contributed by atoms with Gasteiger partial charge in [0.1, 0.15) is 17.0 Å². The molecular weight excluding hydrogens is 346 g/mol. The first-order valence-electron chi connectivity index (χ1n) is 7.73. The predicted octanol–water partition coefficient (Wildman–Crippen LogP) is 4.82. The Bertz CT molecular complexity index is 603. The topological polar surface area (TPSA) is 29.0 Å². The average Bonchev–Trinajstić information content (AvgIpc) is 2.92. The summed E-state index contributed by atoms with van der Waals surface area (Å²) in [5, 5.41) is 4.67. The second kappa shape index (κ2) is 6.61. The second-order valence-corrected chi connectivity index (χ2v) is 7.78. The van der Waals surface area contributed by atoms with E-state index < -0.39 is 0 Å². The summed E-state index contributed by atoms with van der Waals surface area (Å²) in [5.41, 5.74) is 1.40. The van der Waals surface area contributed by atoms with Crippen LogP contribution < -0.4 is 4.90 Å². The highest BCUT2D eigenvalue weighted by molar-refractivity contribution is 9.09. The fourth-order valence-corrected chi connectivity index (χ4v) is 4.84. The molecule has 0 N–H and O–H groups in total. The lowest BCUT2D eigenvalue weighted by atomic mass is 9.94. The molecule has 3 nitrogen and oxygen atoms in total. The van der Waals surface area contributed by atoms with Gasteiger partial charge in [0.25, 0.3) is 0 Å². The van der Waals surface area contributed by atoms with E-state index >= 15 is 0 Å². The molecule has 1 aliphatic heterocycles. The summed E-state index contributed by atoms with van der Waals surface area (Å²) in [6.45, 7) is 6.75. The van der Waals surface area contributed by atoms with Crippen LogP contribution in [0.2, 0.25) is 0 Å². The standard InChI is InChI=1S/C16H22BrN3S/c1-11(2)13-9-21-16-14(13)15(18-10-19-16)20-7-4-12(3-6-17)5-8-20/h9-12H,3-8H2,1-2H3. The summed E-state index contributed by atoms with van der Waals surface area (Å²) in [4.78, 5) is 12.7. The summed E-state index contributed by atoms with van der Waals surface area (Å²) < 4.78 is 0. The quantitative estimate of drug-likeness (QED) is 0.725. The number of thiophene rings is 1. The van der Waals surface area contributed by atoms with Crippen LogP contribution in [-0.4, -0.2) is 28.4 Å². The first-order chi connectivity index (χ1) is 10.2. The van der Waals surface area contributed by atoms with Crippen molar-refractivity contribution in [3.8, 4) is 0 Å². The molecule has 1 aliphatic rings. The summed E-state index contributed by atoms with van der Waals surface area (Å²) in [6, 6.07) is 0. The highest BCUT2D eigenvalue weighted by atomic mass is 79.9. The predicted molar refractivity (Wildman–Crippen MR) is 94.9 cm³/mol. The van der Waals surface area contributed by atoms with Crippen LogP contribution in [0.3, 0.4) is 0 Å². The third-order valence-corrected chi connectivity index (χ3v) is 5.79. The smallest absolute Gasteiger partial charge is 0.141 e. The van der Waals surface area contributed by atoms with Gasteiger partial charge >= 0.3 is 0 Å². The summed E-state index contributed by atoms with van der Waals surface area (Å²) in [5.74, 6) is 2.54. The molecule has 0 aromatic carbocycles. The van der Waals surface area contributed by atoms with E-state index in [2.05, 4.69) is 50.0 Å². The van der Waals surface area contributed by atoms with Gasteiger partial charge in [0.15, 0.2) is 0 Å². The van der Waals surface area contributed by atoms with E-state index in [4.69, 9.17) is 0 Å². The third-order valence-electron chi connectivity index (χ3n) is 4.43. The number of aromatic nitrogens is 2. The van der Waals surface area contributed by atoms with Crippen LogP contribution in [0.1, 0.15) is 44.6 Å². The SMILES string of the molecule is CC(C)c1csc2ncnc(N3CCC(CCBr)CC3)c12. The monoisotopic (exact) mass is 367 g/mol. The van der Waals surface area contributed by atoms with Crippen LogP contribution in [0, 0.1) is 5.92 Å². The number of rotatable bonds is 4. The number of hydrogen-bond donors (Lipinski definition) is 0. The Morgan fingerprint density at radius 1 is 1.33 bits per heavy atom. The van der Waals surface area contributed by atoms with Gasteiger partial charge in [0, 0.05) is 18.4 Å². The lowest BCUT2D eigenvalue weighted by molar-refractivity contribution is 0.397. The van der Waals surface area contributed by atoms with Gasteiger partial charge in [-0.25, -0.2) is 9.97 Å². The number of hydrogen-bond acceptors (Lipinski definition) is 4. The van der Waals surface area contributed by atoms with Gasteiger partial charge in [-0.2, -0.15) is 0 Å².